The molecule has 3 aromatic rings. The summed E-state index contributed by atoms with van der Waals surface area (Å²) in [6, 6.07) is 13.5. The number of benzene rings is 2. The smallest absolute Gasteiger partial charge is 0.123 e. The number of aliphatic hydroxyl groups is 2. The highest BCUT2D eigenvalue weighted by Crippen LogP contribution is 2.30. The summed E-state index contributed by atoms with van der Waals surface area (Å²) in [5.41, 5.74) is 3.15. The molecule has 0 spiro atoms. The number of likely N-dealkylation sites (N-methyl/N-ethyl adjacent to an activating group) is 1. The largest absolute Gasteiger partial charge is 0.394 e. The second-order valence-electron chi connectivity index (χ2n) is 6.44. The average Bonchev–Trinajstić information content (AvgIpc) is 3.05. The van der Waals surface area contributed by atoms with Crippen molar-refractivity contribution >= 4 is 11.6 Å². The van der Waals surface area contributed by atoms with Crippen LogP contribution >= 0.6 is 11.6 Å². The molecule has 1 heterocycles. The highest BCUT2D eigenvalue weighted by molar-refractivity contribution is 6.33. The maximum absolute atomic E-state index is 13.2. The van der Waals surface area contributed by atoms with Gasteiger partial charge in [-0.2, -0.15) is 5.10 Å². The van der Waals surface area contributed by atoms with Crippen LogP contribution in [0.25, 0.3) is 16.9 Å². The quantitative estimate of drug-likeness (QED) is 0.651. The van der Waals surface area contributed by atoms with Crippen LogP contribution in [0.3, 0.4) is 0 Å². The predicted molar refractivity (Wildman–Crippen MR) is 103 cm³/mol. The third kappa shape index (κ3) is 4.73. The first-order valence-corrected chi connectivity index (χ1v) is 8.92. The first kappa shape index (κ1) is 19.5. The molecule has 0 bridgehead atoms. The molecule has 7 heteroatoms. The maximum atomic E-state index is 13.2. The molecule has 0 saturated heterocycles. The summed E-state index contributed by atoms with van der Waals surface area (Å²) in [6.45, 7) is 0.523. The van der Waals surface area contributed by atoms with E-state index in [4.69, 9.17) is 16.7 Å². The Labute approximate surface area is 162 Å². The fraction of sp³-hybridized carbons (Fsp3) is 0.250. The molecular formula is C20H21ClFN3O2. The summed E-state index contributed by atoms with van der Waals surface area (Å²) in [7, 11) is 1.85. The Kier molecular flexibility index (Phi) is 6.23. The molecule has 0 aliphatic heterocycles. The first-order chi connectivity index (χ1) is 13.0. The minimum Gasteiger partial charge on any atom is -0.394 e. The van der Waals surface area contributed by atoms with E-state index in [0.717, 1.165) is 22.5 Å². The number of aliphatic hydroxyl groups excluding tert-OH is 2. The summed E-state index contributed by atoms with van der Waals surface area (Å²) in [4.78, 5) is 1.90. The third-order valence-corrected chi connectivity index (χ3v) is 4.51. The molecule has 0 aliphatic rings. The molecule has 0 radical (unpaired) electrons. The Bertz CT molecular complexity index is 898. The Hall–Kier alpha value is -2.25. The van der Waals surface area contributed by atoms with Gasteiger partial charge >= 0.3 is 0 Å². The molecule has 5 nitrogen and oxygen atoms in total. The first-order valence-electron chi connectivity index (χ1n) is 8.54. The molecule has 2 N–H and O–H groups in total. The lowest BCUT2D eigenvalue weighted by Gasteiger charge is -2.19. The van der Waals surface area contributed by atoms with Gasteiger partial charge in [-0.3, -0.25) is 4.90 Å². The molecule has 1 aromatic heterocycles. The van der Waals surface area contributed by atoms with E-state index in [1.54, 1.807) is 22.9 Å². The van der Waals surface area contributed by atoms with Crippen LogP contribution in [-0.2, 0) is 6.54 Å². The Morgan fingerprint density at radius 2 is 1.89 bits per heavy atom. The van der Waals surface area contributed by atoms with E-state index >= 15 is 0 Å². The number of halogens is 2. The number of nitrogens with zero attached hydrogens (tertiary/aromatic N) is 3. The van der Waals surface area contributed by atoms with E-state index in [2.05, 4.69) is 5.10 Å². The van der Waals surface area contributed by atoms with Crippen LogP contribution in [0.15, 0.2) is 54.7 Å². The minimum atomic E-state index is -0.814. The SMILES string of the molecule is CN(Cc1cn(-c2ccc(F)cc2)nc1-c1ccccc1Cl)CC(O)CO. The van der Waals surface area contributed by atoms with Crippen molar-refractivity contribution in [2.24, 2.45) is 0 Å². The summed E-state index contributed by atoms with van der Waals surface area (Å²) in [6.07, 6.45) is 1.05. The zero-order valence-corrected chi connectivity index (χ0v) is 15.6. The van der Waals surface area contributed by atoms with Crippen molar-refractivity contribution < 1.29 is 14.6 Å². The van der Waals surface area contributed by atoms with Crippen molar-refractivity contribution in [3.05, 3.63) is 71.1 Å². The average molecular weight is 390 g/mol. The predicted octanol–water partition coefficient (Wildman–Crippen LogP) is 3.12. The van der Waals surface area contributed by atoms with Gasteiger partial charge in [0, 0.05) is 30.4 Å². The van der Waals surface area contributed by atoms with E-state index < -0.39 is 6.10 Å². The normalized spacial score (nSPS) is 12.5. The molecular weight excluding hydrogens is 369 g/mol. The number of rotatable bonds is 7. The lowest BCUT2D eigenvalue weighted by atomic mass is 10.1. The minimum absolute atomic E-state index is 0.295. The molecule has 142 valence electrons. The zero-order chi connectivity index (χ0) is 19.4. The number of hydrogen-bond donors (Lipinski definition) is 2. The second kappa shape index (κ2) is 8.63. The molecule has 1 unspecified atom stereocenters. The van der Waals surface area contributed by atoms with Crippen LogP contribution in [0.1, 0.15) is 5.56 Å². The topological polar surface area (TPSA) is 61.5 Å². The molecule has 0 aliphatic carbocycles. The molecule has 0 amide bonds. The van der Waals surface area contributed by atoms with Crippen LogP contribution in [0.2, 0.25) is 5.02 Å². The van der Waals surface area contributed by atoms with Gasteiger partial charge in [-0.1, -0.05) is 29.8 Å². The highest BCUT2D eigenvalue weighted by atomic mass is 35.5. The van der Waals surface area contributed by atoms with E-state index in [1.807, 2.05) is 36.3 Å². The van der Waals surface area contributed by atoms with E-state index in [1.165, 1.54) is 12.1 Å². The van der Waals surface area contributed by atoms with Gasteiger partial charge in [0.1, 0.15) is 5.82 Å². The van der Waals surface area contributed by atoms with Gasteiger partial charge in [0.15, 0.2) is 0 Å². The Morgan fingerprint density at radius 1 is 1.19 bits per heavy atom. The van der Waals surface area contributed by atoms with Gasteiger partial charge in [-0.05, 0) is 37.4 Å². The molecule has 27 heavy (non-hydrogen) atoms. The van der Waals surface area contributed by atoms with Crippen molar-refractivity contribution in [3.8, 4) is 16.9 Å². The Morgan fingerprint density at radius 3 is 2.56 bits per heavy atom. The van der Waals surface area contributed by atoms with Crippen molar-refractivity contribution in [3.63, 3.8) is 0 Å². The fourth-order valence-electron chi connectivity index (χ4n) is 2.90. The fourth-order valence-corrected chi connectivity index (χ4v) is 3.13. The van der Waals surface area contributed by atoms with E-state index in [-0.39, 0.29) is 12.4 Å². The van der Waals surface area contributed by atoms with Crippen LogP contribution < -0.4 is 0 Å². The number of hydrogen-bond acceptors (Lipinski definition) is 4. The summed E-state index contributed by atoms with van der Waals surface area (Å²) < 4.78 is 14.9. The van der Waals surface area contributed by atoms with Gasteiger partial charge < -0.3 is 10.2 Å². The van der Waals surface area contributed by atoms with Crippen LogP contribution in [0, 0.1) is 5.82 Å². The highest BCUT2D eigenvalue weighted by Gasteiger charge is 2.17. The standard InChI is InChI=1S/C20H21ClFN3O2/c1-24(12-17(27)13-26)10-14-11-25(16-8-6-15(22)7-9-16)23-20(14)18-4-2-3-5-19(18)21/h2-9,11,17,26-27H,10,12-13H2,1H3. The zero-order valence-electron chi connectivity index (χ0n) is 14.9. The van der Waals surface area contributed by atoms with Crippen LogP contribution in [0.5, 0.6) is 0 Å². The molecule has 1 atom stereocenters. The van der Waals surface area contributed by atoms with Gasteiger partial charge in [-0.15, -0.1) is 0 Å². The molecule has 0 fully saturated rings. The maximum Gasteiger partial charge on any atom is 0.123 e. The third-order valence-electron chi connectivity index (χ3n) is 4.18. The molecule has 2 aromatic carbocycles. The Balaban J connectivity index is 1.99. The van der Waals surface area contributed by atoms with Crippen molar-refractivity contribution in [2.75, 3.05) is 20.2 Å². The van der Waals surface area contributed by atoms with Gasteiger partial charge in [0.05, 0.1) is 29.1 Å². The van der Waals surface area contributed by atoms with Crippen molar-refractivity contribution in [2.45, 2.75) is 12.6 Å². The lowest BCUT2D eigenvalue weighted by Crippen LogP contribution is -2.31. The summed E-state index contributed by atoms with van der Waals surface area (Å²) in [5, 5.41) is 24.0. The van der Waals surface area contributed by atoms with Crippen LogP contribution in [0.4, 0.5) is 4.39 Å². The lowest BCUT2D eigenvalue weighted by molar-refractivity contribution is 0.0648. The van der Waals surface area contributed by atoms with Gasteiger partial charge in [-0.25, -0.2) is 9.07 Å². The monoisotopic (exact) mass is 389 g/mol. The summed E-state index contributed by atoms with van der Waals surface area (Å²) >= 11 is 6.36. The van der Waals surface area contributed by atoms with Crippen molar-refractivity contribution in [1.29, 1.82) is 0 Å². The molecule has 0 saturated carbocycles. The molecule has 3 rings (SSSR count). The summed E-state index contributed by atoms with van der Waals surface area (Å²) in [5.74, 6) is -0.310. The van der Waals surface area contributed by atoms with Gasteiger partial charge in [0.2, 0.25) is 0 Å². The number of aromatic nitrogens is 2. The van der Waals surface area contributed by atoms with E-state index in [9.17, 15) is 9.50 Å². The van der Waals surface area contributed by atoms with Crippen LogP contribution in [-0.4, -0.2) is 51.2 Å². The van der Waals surface area contributed by atoms with Crippen molar-refractivity contribution in [1.82, 2.24) is 14.7 Å². The van der Waals surface area contributed by atoms with Gasteiger partial charge in [0.25, 0.3) is 0 Å². The van der Waals surface area contributed by atoms with E-state index in [0.29, 0.717) is 18.1 Å². The second-order valence-corrected chi connectivity index (χ2v) is 6.84.